The van der Waals surface area contributed by atoms with E-state index in [0.29, 0.717) is 5.95 Å². The monoisotopic (exact) mass is 286 g/mol. The number of fused-ring (bicyclic) bond motifs is 1. The lowest BCUT2D eigenvalue weighted by Gasteiger charge is -2.19. The lowest BCUT2D eigenvalue weighted by atomic mass is 9.90. The van der Waals surface area contributed by atoms with Crippen LogP contribution in [0.4, 0.5) is 17.6 Å². The molecule has 1 heterocycles. The van der Waals surface area contributed by atoms with Crippen molar-refractivity contribution in [2.24, 2.45) is 5.84 Å². The number of hydrazine groups is 1. The van der Waals surface area contributed by atoms with E-state index in [-0.39, 0.29) is 12.0 Å². The highest BCUT2D eigenvalue weighted by molar-refractivity contribution is 5.62. The number of methoxy groups -OCH3 is 1. The van der Waals surface area contributed by atoms with Gasteiger partial charge in [0.05, 0.1) is 7.11 Å². The Morgan fingerprint density at radius 2 is 1.90 bits per heavy atom. The molecule has 3 rings (SSSR count). The fourth-order valence-corrected chi connectivity index (χ4v) is 2.59. The smallest absolute Gasteiger partial charge is 0.322 e. The van der Waals surface area contributed by atoms with E-state index in [1.807, 2.05) is 12.1 Å². The third-order valence-corrected chi connectivity index (χ3v) is 3.57. The summed E-state index contributed by atoms with van der Waals surface area (Å²) in [5.41, 5.74) is 6.17. The lowest BCUT2D eigenvalue weighted by Crippen LogP contribution is -2.13. The molecule has 1 aliphatic rings. The zero-order valence-corrected chi connectivity index (χ0v) is 11.9. The van der Waals surface area contributed by atoms with Gasteiger partial charge in [-0.25, -0.2) is 5.84 Å². The number of hydrogen-bond donors (Lipinski definition) is 3. The number of hydrogen-bond acceptors (Lipinski definition) is 7. The predicted octanol–water partition coefficient (Wildman–Crippen LogP) is 1.79. The van der Waals surface area contributed by atoms with Gasteiger partial charge in [0.25, 0.3) is 0 Å². The summed E-state index contributed by atoms with van der Waals surface area (Å²) in [6, 6.07) is 6.48. The fourth-order valence-electron chi connectivity index (χ4n) is 2.59. The van der Waals surface area contributed by atoms with Crippen molar-refractivity contribution in [3.8, 4) is 6.01 Å². The van der Waals surface area contributed by atoms with Crippen LogP contribution in [-0.2, 0) is 12.8 Å². The molecule has 1 aromatic heterocycles. The van der Waals surface area contributed by atoms with E-state index < -0.39 is 0 Å². The SMILES string of the molecule is COc1nc(NN)nc(Nc2cccc3c2CCCC3)n1. The number of nitrogens with two attached hydrogens (primary N) is 1. The number of ether oxygens (including phenoxy) is 1. The molecule has 0 unspecified atom stereocenters. The maximum Gasteiger partial charge on any atom is 0.322 e. The first-order chi connectivity index (χ1) is 10.3. The van der Waals surface area contributed by atoms with Gasteiger partial charge in [-0.05, 0) is 42.9 Å². The molecule has 4 N–H and O–H groups in total. The first-order valence-corrected chi connectivity index (χ1v) is 6.94. The molecule has 21 heavy (non-hydrogen) atoms. The van der Waals surface area contributed by atoms with Crippen molar-refractivity contribution in [2.75, 3.05) is 17.9 Å². The number of nitrogens with zero attached hydrogens (tertiary/aromatic N) is 3. The minimum absolute atomic E-state index is 0.213. The summed E-state index contributed by atoms with van der Waals surface area (Å²) < 4.78 is 5.05. The van der Waals surface area contributed by atoms with E-state index >= 15 is 0 Å². The summed E-state index contributed by atoms with van der Waals surface area (Å²) in [4.78, 5) is 12.4. The van der Waals surface area contributed by atoms with E-state index in [9.17, 15) is 0 Å². The highest BCUT2D eigenvalue weighted by Gasteiger charge is 2.14. The average Bonchev–Trinajstić information content (AvgIpc) is 2.55. The Kier molecular flexibility index (Phi) is 3.83. The van der Waals surface area contributed by atoms with Crippen molar-refractivity contribution in [1.29, 1.82) is 0 Å². The first-order valence-electron chi connectivity index (χ1n) is 6.94. The molecule has 0 bridgehead atoms. The summed E-state index contributed by atoms with van der Waals surface area (Å²) in [6.45, 7) is 0. The summed E-state index contributed by atoms with van der Waals surface area (Å²) in [5.74, 6) is 6.03. The Labute approximate surface area is 122 Å². The zero-order chi connectivity index (χ0) is 14.7. The van der Waals surface area contributed by atoms with Crippen LogP contribution in [0.15, 0.2) is 18.2 Å². The fraction of sp³-hybridized carbons (Fsp3) is 0.357. The number of rotatable bonds is 4. The van der Waals surface area contributed by atoms with E-state index in [0.717, 1.165) is 18.5 Å². The molecule has 0 atom stereocenters. The molecule has 1 aromatic carbocycles. The minimum atomic E-state index is 0.213. The third kappa shape index (κ3) is 2.87. The largest absolute Gasteiger partial charge is 0.467 e. The number of aryl methyl sites for hydroxylation is 1. The first kappa shape index (κ1) is 13.6. The molecule has 1 aliphatic carbocycles. The zero-order valence-electron chi connectivity index (χ0n) is 11.9. The van der Waals surface area contributed by atoms with E-state index in [4.69, 9.17) is 10.6 Å². The van der Waals surface area contributed by atoms with Crippen LogP contribution < -0.4 is 21.3 Å². The van der Waals surface area contributed by atoms with Crippen molar-refractivity contribution in [1.82, 2.24) is 15.0 Å². The second kappa shape index (κ2) is 5.92. The second-order valence-electron chi connectivity index (χ2n) is 4.89. The molecule has 0 radical (unpaired) electrons. The maximum atomic E-state index is 5.36. The van der Waals surface area contributed by atoms with Gasteiger partial charge in [0.1, 0.15) is 0 Å². The van der Waals surface area contributed by atoms with Crippen LogP contribution >= 0.6 is 0 Å². The van der Waals surface area contributed by atoms with Gasteiger partial charge < -0.3 is 10.1 Å². The van der Waals surface area contributed by atoms with Gasteiger partial charge in [0.15, 0.2) is 0 Å². The van der Waals surface area contributed by atoms with Gasteiger partial charge in [-0.3, -0.25) is 5.43 Å². The molecule has 110 valence electrons. The van der Waals surface area contributed by atoms with Crippen molar-refractivity contribution in [2.45, 2.75) is 25.7 Å². The summed E-state index contributed by atoms with van der Waals surface area (Å²) in [7, 11) is 1.50. The van der Waals surface area contributed by atoms with Crippen molar-refractivity contribution in [3.05, 3.63) is 29.3 Å². The molecule has 7 nitrogen and oxygen atoms in total. The second-order valence-corrected chi connectivity index (χ2v) is 4.89. The normalized spacial score (nSPS) is 13.4. The van der Waals surface area contributed by atoms with Crippen LogP contribution in [-0.4, -0.2) is 22.1 Å². The Morgan fingerprint density at radius 3 is 2.71 bits per heavy atom. The molecule has 7 heteroatoms. The Morgan fingerprint density at radius 1 is 1.10 bits per heavy atom. The highest BCUT2D eigenvalue weighted by Crippen LogP contribution is 2.29. The van der Waals surface area contributed by atoms with Crippen LogP contribution in [0, 0.1) is 0 Å². The Hall–Kier alpha value is -2.41. The van der Waals surface area contributed by atoms with Crippen molar-refractivity contribution < 1.29 is 4.74 Å². The van der Waals surface area contributed by atoms with Crippen LogP contribution in [0.5, 0.6) is 6.01 Å². The Bertz CT molecular complexity index is 623. The number of benzene rings is 1. The van der Waals surface area contributed by atoms with Crippen LogP contribution in [0.3, 0.4) is 0 Å². The summed E-state index contributed by atoms with van der Waals surface area (Å²) in [5, 5.41) is 3.24. The third-order valence-electron chi connectivity index (χ3n) is 3.57. The van der Waals surface area contributed by atoms with Crippen LogP contribution in [0.2, 0.25) is 0 Å². The average molecular weight is 286 g/mol. The van der Waals surface area contributed by atoms with Gasteiger partial charge in [-0.15, -0.1) is 0 Å². The number of nitrogen functional groups attached to an aromatic ring is 1. The molecular formula is C14H18N6O. The van der Waals surface area contributed by atoms with E-state index in [1.54, 1.807) is 0 Å². The quantitative estimate of drug-likeness (QED) is 0.582. The standard InChI is InChI=1S/C14H18N6O/c1-21-14-18-12(17-13(19-14)20-15)16-11-8-4-6-9-5-2-3-7-10(9)11/h4,6,8H,2-3,5,7,15H2,1H3,(H2,16,17,18,19,20). The number of anilines is 3. The van der Waals surface area contributed by atoms with Crippen LogP contribution in [0.25, 0.3) is 0 Å². The maximum absolute atomic E-state index is 5.36. The molecule has 0 aliphatic heterocycles. The molecular weight excluding hydrogens is 268 g/mol. The highest BCUT2D eigenvalue weighted by atomic mass is 16.5. The Balaban J connectivity index is 1.93. The van der Waals surface area contributed by atoms with Gasteiger partial charge in [-0.2, -0.15) is 15.0 Å². The topological polar surface area (TPSA) is 98.0 Å². The summed E-state index contributed by atoms with van der Waals surface area (Å²) >= 11 is 0. The minimum Gasteiger partial charge on any atom is -0.467 e. The summed E-state index contributed by atoms with van der Waals surface area (Å²) in [6.07, 6.45) is 4.66. The lowest BCUT2D eigenvalue weighted by molar-refractivity contribution is 0.379. The van der Waals surface area contributed by atoms with Crippen LogP contribution in [0.1, 0.15) is 24.0 Å². The molecule has 0 fully saturated rings. The number of aromatic nitrogens is 3. The molecule has 2 aromatic rings. The molecule has 0 saturated heterocycles. The predicted molar refractivity (Wildman–Crippen MR) is 80.6 cm³/mol. The molecule has 0 spiro atoms. The van der Waals surface area contributed by atoms with Crippen molar-refractivity contribution in [3.63, 3.8) is 0 Å². The van der Waals surface area contributed by atoms with Gasteiger partial charge in [0, 0.05) is 5.69 Å². The molecule has 0 saturated carbocycles. The van der Waals surface area contributed by atoms with Crippen molar-refractivity contribution >= 4 is 17.6 Å². The van der Waals surface area contributed by atoms with Gasteiger partial charge in [-0.1, -0.05) is 12.1 Å². The number of nitrogens with one attached hydrogen (secondary N) is 2. The van der Waals surface area contributed by atoms with Gasteiger partial charge >= 0.3 is 6.01 Å². The van der Waals surface area contributed by atoms with E-state index in [1.165, 1.54) is 31.1 Å². The van der Waals surface area contributed by atoms with E-state index in [2.05, 4.69) is 31.8 Å². The molecule has 0 amide bonds. The van der Waals surface area contributed by atoms with Gasteiger partial charge in [0.2, 0.25) is 11.9 Å².